The van der Waals surface area contributed by atoms with E-state index in [0.29, 0.717) is 12.2 Å². The van der Waals surface area contributed by atoms with E-state index in [9.17, 15) is 13.5 Å². The minimum absolute atomic E-state index is 0.109. The molecule has 0 radical (unpaired) electrons. The van der Waals surface area contributed by atoms with Crippen molar-refractivity contribution in [2.45, 2.75) is 23.5 Å². The van der Waals surface area contributed by atoms with Crippen LogP contribution in [0.1, 0.15) is 6.42 Å². The van der Waals surface area contributed by atoms with Gasteiger partial charge in [-0.05, 0) is 18.6 Å². The van der Waals surface area contributed by atoms with E-state index in [1.54, 1.807) is 25.3 Å². The average molecular weight is 301 g/mol. The summed E-state index contributed by atoms with van der Waals surface area (Å²) in [5.74, 6) is 0.296. The Labute approximate surface area is 119 Å². The Morgan fingerprint density at radius 3 is 2.65 bits per heavy atom. The van der Waals surface area contributed by atoms with Crippen molar-refractivity contribution in [1.82, 2.24) is 4.31 Å². The summed E-state index contributed by atoms with van der Waals surface area (Å²) < 4.78 is 37.1. The molecule has 1 fully saturated rings. The molecule has 0 unspecified atom stereocenters. The summed E-state index contributed by atoms with van der Waals surface area (Å²) in [6.07, 6.45) is 0.290. The smallest absolute Gasteiger partial charge is 0.247 e. The number of rotatable bonds is 5. The molecular formula is C13H19NO5S. The van der Waals surface area contributed by atoms with Gasteiger partial charge in [0, 0.05) is 13.7 Å². The molecule has 20 heavy (non-hydrogen) atoms. The predicted octanol–water partition coefficient (Wildman–Crippen LogP) is 0.466. The number of para-hydroxylation sites is 1. The second-order valence-electron chi connectivity index (χ2n) is 4.66. The molecule has 0 spiro atoms. The zero-order chi connectivity index (χ0) is 14.8. The largest absolute Gasteiger partial charge is 0.495 e. The van der Waals surface area contributed by atoms with Gasteiger partial charge < -0.3 is 14.6 Å². The van der Waals surface area contributed by atoms with Gasteiger partial charge in [-0.2, -0.15) is 4.31 Å². The van der Waals surface area contributed by atoms with Crippen LogP contribution in [0, 0.1) is 0 Å². The van der Waals surface area contributed by atoms with Crippen LogP contribution in [0.25, 0.3) is 0 Å². The number of ether oxygens (including phenoxy) is 2. The second kappa shape index (κ2) is 6.09. The lowest BCUT2D eigenvalue weighted by molar-refractivity contribution is 0.113. The fourth-order valence-electron chi connectivity index (χ4n) is 2.43. The molecule has 1 aromatic carbocycles. The lowest BCUT2D eigenvalue weighted by Crippen LogP contribution is -2.38. The summed E-state index contributed by atoms with van der Waals surface area (Å²) in [6.45, 7) is 0.0103. The molecule has 0 bridgehead atoms. The highest BCUT2D eigenvalue weighted by atomic mass is 32.2. The lowest BCUT2D eigenvalue weighted by Gasteiger charge is -2.23. The molecule has 0 saturated carbocycles. The highest BCUT2D eigenvalue weighted by Crippen LogP contribution is 2.31. The normalized spacial score (nSPS) is 23.9. The Kier molecular flexibility index (Phi) is 4.64. The van der Waals surface area contributed by atoms with Gasteiger partial charge in [-0.3, -0.25) is 0 Å². The number of benzene rings is 1. The van der Waals surface area contributed by atoms with Crippen molar-refractivity contribution in [2.75, 3.05) is 27.4 Å². The predicted molar refractivity (Wildman–Crippen MR) is 73.2 cm³/mol. The number of aliphatic hydroxyl groups excluding tert-OH is 1. The first-order chi connectivity index (χ1) is 9.54. The van der Waals surface area contributed by atoms with Crippen molar-refractivity contribution in [2.24, 2.45) is 0 Å². The standard InChI is InChI=1S/C13H19NO5S/c1-18-11-7-10(9-15)14(8-11)20(16,17)13-6-4-3-5-12(13)19-2/h3-6,10-11,15H,7-9H2,1-2H3/t10-,11+/m0/s1. The van der Waals surface area contributed by atoms with Crippen LogP contribution in [0.5, 0.6) is 5.75 Å². The van der Waals surface area contributed by atoms with E-state index in [-0.39, 0.29) is 24.2 Å². The zero-order valence-corrected chi connectivity index (χ0v) is 12.3. The van der Waals surface area contributed by atoms with Crippen LogP contribution in [-0.2, 0) is 14.8 Å². The van der Waals surface area contributed by atoms with Crippen molar-refractivity contribution in [3.8, 4) is 5.75 Å². The van der Waals surface area contributed by atoms with Crippen LogP contribution in [0.3, 0.4) is 0 Å². The van der Waals surface area contributed by atoms with Crippen molar-refractivity contribution >= 4 is 10.0 Å². The average Bonchev–Trinajstić information content (AvgIpc) is 2.91. The molecule has 1 heterocycles. The molecule has 6 nitrogen and oxygen atoms in total. The first kappa shape index (κ1) is 15.2. The first-order valence-electron chi connectivity index (χ1n) is 6.33. The Balaban J connectivity index is 2.39. The van der Waals surface area contributed by atoms with Gasteiger partial charge in [0.05, 0.1) is 25.9 Å². The second-order valence-corrected chi connectivity index (χ2v) is 6.51. The molecule has 1 N–H and O–H groups in total. The van der Waals surface area contributed by atoms with Gasteiger partial charge in [-0.15, -0.1) is 0 Å². The highest BCUT2D eigenvalue weighted by Gasteiger charge is 2.41. The molecule has 1 aliphatic heterocycles. The molecule has 0 aliphatic carbocycles. The van der Waals surface area contributed by atoms with E-state index >= 15 is 0 Å². The maximum absolute atomic E-state index is 12.7. The SMILES string of the molecule is COc1ccccc1S(=O)(=O)N1C[C@H](OC)C[C@H]1CO. The van der Waals surface area contributed by atoms with E-state index in [1.165, 1.54) is 17.5 Å². The minimum Gasteiger partial charge on any atom is -0.495 e. The lowest BCUT2D eigenvalue weighted by atomic mass is 10.2. The number of aliphatic hydroxyl groups is 1. The number of nitrogens with zero attached hydrogens (tertiary/aromatic N) is 1. The van der Waals surface area contributed by atoms with Crippen LogP contribution < -0.4 is 4.74 Å². The minimum atomic E-state index is -3.72. The van der Waals surface area contributed by atoms with Crippen LogP contribution in [0.4, 0.5) is 0 Å². The van der Waals surface area contributed by atoms with Crippen LogP contribution in [0.2, 0.25) is 0 Å². The highest BCUT2D eigenvalue weighted by molar-refractivity contribution is 7.89. The third-order valence-electron chi connectivity index (χ3n) is 3.53. The molecule has 7 heteroatoms. The van der Waals surface area contributed by atoms with Crippen molar-refractivity contribution in [1.29, 1.82) is 0 Å². The first-order valence-corrected chi connectivity index (χ1v) is 7.77. The number of hydrogen-bond acceptors (Lipinski definition) is 5. The van der Waals surface area contributed by atoms with Crippen LogP contribution >= 0.6 is 0 Å². The topological polar surface area (TPSA) is 76.1 Å². The fourth-order valence-corrected chi connectivity index (χ4v) is 4.25. The summed E-state index contributed by atoms with van der Waals surface area (Å²) in [6, 6.07) is 6.00. The third-order valence-corrected chi connectivity index (χ3v) is 5.48. The van der Waals surface area contributed by atoms with Gasteiger partial charge in [-0.1, -0.05) is 12.1 Å². The van der Waals surface area contributed by atoms with Gasteiger partial charge in [0.15, 0.2) is 0 Å². The summed E-state index contributed by atoms with van der Waals surface area (Å²) in [5.41, 5.74) is 0. The summed E-state index contributed by atoms with van der Waals surface area (Å²) in [4.78, 5) is 0.109. The van der Waals surface area contributed by atoms with Gasteiger partial charge in [0.25, 0.3) is 0 Å². The summed E-state index contributed by atoms with van der Waals surface area (Å²) >= 11 is 0. The molecule has 2 rings (SSSR count). The Morgan fingerprint density at radius 2 is 2.05 bits per heavy atom. The van der Waals surface area contributed by atoms with Crippen molar-refractivity contribution in [3.63, 3.8) is 0 Å². The molecule has 0 aromatic heterocycles. The number of sulfonamides is 1. The van der Waals surface area contributed by atoms with Crippen LogP contribution in [0.15, 0.2) is 29.2 Å². The Bertz CT molecular complexity index is 560. The maximum Gasteiger partial charge on any atom is 0.247 e. The van der Waals surface area contributed by atoms with Crippen LogP contribution in [-0.4, -0.2) is 57.3 Å². The fraction of sp³-hybridized carbons (Fsp3) is 0.538. The van der Waals surface area contributed by atoms with E-state index < -0.39 is 16.1 Å². The molecule has 112 valence electrons. The number of hydrogen-bond donors (Lipinski definition) is 1. The van der Waals surface area contributed by atoms with E-state index in [2.05, 4.69) is 0 Å². The monoisotopic (exact) mass is 301 g/mol. The van der Waals surface area contributed by atoms with E-state index in [1.807, 2.05) is 0 Å². The third kappa shape index (κ3) is 2.67. The Morgan fingerprint density at radius 1 is 1.35 bits per heavy atom. The van der Waals surface area contributed by atoms with E-state index in [0.717, 1.165) is 0 Å². The molecule has 2 atom stereocenters. The Hall–Kier alpha value is -1.15. The van der Waals surface area contributed by atoms with Gasteiger partial charge >= 0.3 is 0 Å². The van der Waals surface area contributed by atoms with Crippen molar-refractivity contribution in [3.05, 3.63) is 24.3 Å². The molecule has 1 aromatic rings. The van der Waals surface area contributed by atoms with Gasteiger partial charge in [0.2, 0.25) is 10.0 Å². The quantitative estimate of drug-likeness (QED) is 0.855. The van der Waals surface area contributed by atoms with E-state index in [4.69, 9.17) is 9.47 Å². The molecule has 0 amide bonds. The molecular weight excluding hydrogens is 282 g/mol. The summed E-state index contributed by atoms with van der Waals surface area (Å²) in [5, 5.41) is 9.39. The zero-order valence-electron chi connectivity index (χ0n) is 11.5. The van der Waals surface area contributed by atoms with Crippen molar-refractivity contribution < 1.29 is 23.0 Å². The maximum atomic E-state index is 12.7. The number of methoxy groups -OCH3 is 2. The molecule has 1 aliphatic rings. The molecule has 1 saturated heterocycles. The summed E-state index contributed by atoms with van der Waals surface area (Å²) in [7, 11) is -0.747. The van der Waals surface area contributed by atoms with Gasteiger partial charge in [-0.25, -0.2) is 8.42 Å². The van der Waals surface area contributed by atoms with Gasteiger partial charge in [0.1, 0.15) is 10.6 Å².